The molecule has 0 bridgehead atoms. The van der Waals surface area contributed by atoms with Crippen LogP contribution in [0.4, 0.5) is 0 Å². The molecule has 0 aliphatic heterocycles. The summed E-state index contributed by atoms with van der Waals surface area (Å²) in [6.07, 6.45) is 24.1. The molecule has 0 spiro atoms. The minimum absolute atomic E-state index is 0.0307. The van der Waals surface area contributed by atoms with E-state index >= 15 is 0 Å². The fourth-order valence-corrected chi connectivity index (χ4v) is 5.91. The summed E-state index contributed by atoms with van der Waals surface area (Å²) >= 11 is 0. The molecule has 0 aliphatic carbocycles. The van der Waals surface area contributed by atoms with Crippen LogP contribution in [0.25, 0.3) is 0 Å². The molecule has 2 atom stereocenters. The van der Waals surface area contributed by atoms with Crippen LogP contribution in [0.2, 0.25) is 0 Å². The lowest BCUT2D eigenvalue weighted by Gasteiger charge is -2.27. The molecule has 0 fully saturated rings. The number of hydrogen-bond donors (Lipinski definition) is 2. The standard InChI is InChI=1S/C29H64N2O8P2/c1-31(2,3)25-29-39-41(34,35)37-27-23-21-19-17-15-13-11-9-7-5-4-6-8-10-12-14-16-18-20-22-26-36-40(32,33)38-28-24-30/h4-30H2,1-3H3,(H-,32,33,34,35). The first-order valence-corrected chi connectivity index (χ1v) is 19.2. The molecule has 3 N–H and O–H groups in total. The quantitative estimate of drug-likeness (QED) is 0.0453. The first-order valence-electron chi connectivity index (χ1n) is 16.2. The van der Waals surface area contributed by atoms with Gasteiger partial charge in [-0.1, -0.05) is 116 Å². The summed E-state index contributed by atoms with van der Waals surface area (Å²) in [6.45, 7) is 1.47. The summed E-state index contributed by atoms with van der Waals surface area (Å²) in [5.41, 5.74) is 5.24. The number of unbranched alkanes of at least 4 members (excludes halogenated alkanes) is 19. The third kappa shape index (κ3) is 32.9. The number of nitrogens with two attached hydrogens (primary N) is 1. The Morgan fingerprint density at radius 2 is 0.829 bits per heavy atom. The summed E-state index contributed by atoms with van der Waals surface area (Å²) < 4.78 is 43.3. The molecular weight excluding hydrogens is 566 g/mol. The maximum absolute atomic E-state index is 11.7. The average molecular weight is 631 g/mol. The van der Waals surface area contributed by atoms with Gasteiger partial charge in [0, 0.05) is 6.54 Å². The molecule has 0 aromatic carbocycles. The molecule has 0 aliphatic rings. The first kappa shape index (κ1) is 41.1. The number of nitrogens with zero attached hydrogens (tertiary/aromatic N) is 1. The summed E-state index contributed by atoms with van der Waals surface area (Å²) in [5.74, 6) is 0. The van der Waals surface area contributed by atoms with E-state index in [1.807, 2.05) is 21.1 Å². The Balaban J connectivity index is 3.26. The van der Waals surface area contributed by atoms with Gasteiger partial charge in [0.05, 0.1) is 41.0 Å². The van der Waals surface area contributed by atoms with Gasteiger partial charge in [-0.3, -0.25) is 13.6 Å². The van der Waals surface area contributed by atoms with Crippen molar-refractivity contribution in [2.45, 2.75) is 128 Å². The third-order valence-corrected chi connectivity index (χ3v) is 8.94. The minimum atomic E-state index is -4.16. The molecule has 0 saturated carbocycles. The zero-order valence-corrected chi connectivity index (χ0v) is 28.4. The molecule has 248 valence electrons. The second-order valence-electron chi connectivity index (χ2n) is 12.1. The Labute approximate surface area is 251 Å². The number of likely N-dealkylation sites (N-methyl/N-ethyl adjacent to an activating group) is 1. The lowest BCUT2D eigenvalue weighted by atomic mass is 10.0. The van der Waals surface area contributed by atoms with Crippen molar-refractivity contribution in [3.8, 4) is 0 Å². The fraction of sp³-hybridized carbons (Fsp3) is 1.00. The normalized spacial score (nSPS) is 15.2. The molecule has 12 heteroatoms. The van der Waals surface area contributed by atoms with Crippen molar-refractivity contribution < 1.29 is 41.5 Å². The second-order valence-corrected chi connectivity index (χ2v) is 15.0. The minimum Gasteiger partial charge on any atom is -0.756 e. The van der Waals surface area contributed by atoms with Crippen LogP contribution < -0.4 is 10.6 Å². The van der Waals surface area contributed by atoms with Gasteiger partial charge in [0.15, 0.2) is 0 Å². The molecule has 0 radical (unpaired) electrons. The number of phosphoric acid groups is 2. The summed E-state index contributed by atoms with van der Waals surface area (Å²) in [5, 5.41) is 0. The van der Waals surface area contributed by atoms with E-state index in [4.69, 9.17) is 23.8 Å². The fourth-order valence-electron chi connectivity index (χ4n) is 4.41. The summed E-state index contributed by atoms with van der Waals surface area (Å²) in [4.78, 5) is 21.1. The highest BCUT2D eigenvalue weighted by Crippen LogP contribution is 2.43. The van der Waals surface area contributed by atoms with E-state index in [0.717, 1.165) is 38.5 Å². The topological polar surface area (TPSA) is 140 Å². The van der Waals surface area contributed by atoms with Gasteiger partial charge in [0.2, 0.25) is 0 Å². The van der Waals surface area contributed by atoms with Crippen LogP contribution in [-0.2, 0) is 27.2 Å². The Kier molecular flexibility index (Phi) is 26.6. The summed E-state index contributed by atoms with van der Waals surface area (Å²) in [6, 6.07) is 0. The van der Waals surface area contributed by atoms with E-state index < -0.39 is 15.6 Å². The van der Waals surface area contributed by atoms with Crippen molar-refractivity contribution in [2.24, 2.45) is 5.73 Å². The van der Waals surface area contributed by atoms with Gasteiger partial charge in [-0.2, -0.15) is 0 Å². The van der Waals surface area contributed by atoms with E-state index in [0.29, 0.717) is 11.0 Å². The molecule has 0 rings (SSSR count). The predicted molar refractivity (Wildman–Crippen MR) is 166 cm³/mol. The Bertz CT molecular complexity index is 680. The highest BCUT2D eigenvalue weighted by Gasteiger charge is 2.19. The number of hydrogen-bond acceptors (Lipinski definition) is 8. The van der Waals surface area contributed by atoms with Crippen LogP contribution in [0.15, 0.2) is 0 Å². The largest absolute Gasteiger partial charge is 0.756 e. The lowest BCUT2D eigenvalue weighted by molar-refractivity contribution is -0.870. The Morgan fingerprint density at radius 1 is 0.537 bits per heavy atom. The molecule has 0 heterocycles. The lowest BCUT2D eigenvalue weighted by Crippen LogP contribution is -2.37. The van der Waals surface area contributed by atoms with Crippen LogP contribution >= 0.6 is 15.6 Å². The van der Waals surface area contributed by atoms with Gasteiger partial charge in [0.25, 0.3) is 7.82 Å². The molecule has 0 amide bonds. The van der Waals surface area contributed by atoms with Crippen LogP contribution in [0, 0.1) is 0 Å². The van der Waals surface area contributed by atoms with Crippen molar-refractivity contribution in [3.63, 3.8) is 0 Å². The summed E-state index contributed by atoms with van der Waals surface area (Å²) in [7, 11) is -2.11. The van der Waals surface area contributed by atoms with Crippen LogP contribution in [0.1, 0.15) is 128 Å². The maximum Gasteiger partial charge on any atom is 0.472 e. The smallest absolute Gasteiger partial charge is 0.472 e. The maximum atomic E-state index is 11.7. The molecule has 41 heavy (non-hydrogen) atoms. The van der Waals surface area contributed by atoms with E-state index in [2.05, 4.69) is 0 Å². The first-order chi connectivity index (χ1) is 19.5. The molecular formula is C29H64N2O8P2. The van der Waals surface area contributed by atoms with E-state index in [-0.39, 0.29) is 33.0 Å². The average Bonchev–Trinajstić information content (AvgIpc) is 2.89. The number of phosphoric ester groups is 2. The predicted octanol–water partition coefficient (Wildman–Crippen LogP) is 7.09. The van der Waals surface area contributed by atoms with Crippen molar-refractivity contribution in [3.05, 3.63) is 0 Å². The van der Waals surface area contributed by atoms with Crippen LogP contribution in [0.5, 0.6) is 0 Å². The van der Waals surface area contributed by atoms with Gasteiger partial charge >= 0.3 is 7.82 Å². The van der Waals surface area contributed by atoms with Gasteiger partial charge in [-0.25, -0.2) is 4.57 Å². The molecule has 10 nitrogen and oxygen atoms in total. The number of rotatable bonds is 32. The monoisotopic (exact) mass is 630 g/mol. The zero-order chi connectivity index (χ0) is 30.7. The zero-order valence-electron chi connectivity index (χ0n) is 26.6. The van der Waals surface area contributed by atoms with Crippen molar-refractivity contribution >= 4 is 15.6 Å². The number of quaternary nitrogens is 1. The van der Waals surface area contributed by atoms with Crippen LogP contribution in [0.3, 0.4) is 0 Å². The second kappa shape index (κ2) is 26.5. The molecule has 0 saturated heterocycles. The van der Waals surface area contributed by atoms with Crippen molar-refractivity contribution in [1.29, 1.82) is 0 Å². The molecule has 0 aromatic rings. The molecule has 0 aromatic heterocycles. The Morgan fingerprint density at radius 3 is 1.17 bits per heavy atom. The van der Waals surface area contributed by atoms with Gasteiger partial charge in [0.1, 0.15) is 13.2 Å². The van der Waals surface area contributed by atoms with Crippen molar-refractivity contribution in [2.75, 3.05) is 60.7 Å². The Hall–Kier alpha value is 0.140. The van der Waals surface area contributed by atoms with Crippen LogP contribution in [-0.4, -0.2) is 70.0 Å². The van der Waals surface area contributed by atoms with E-state index in [1.165, 1.54) is 89.9 Å². The van der Waals surface area contributed by atoms with E-state index in [9.17, 15) is 18.9 Å². The molecule has 2 unspecified atom stereocenters. The highest BCUT2D eigenvalue weighted by atomic mass is 31.2. The highest BCUT2D eigenvalue weighted by molar-refractivity contribution is 7.47. The van der Waals surface area contributed by atoms with Gasteiger partial charge in [-0.15, -0.1) is 0 Å². The van der Waals surface area contributed by atoms with E-state index in [1.54, 1.807) is 0 Å². The van der Waals surface area contributed by atoms with Gasteiger partial charge in [-0.05, 0) is 12.8 Å². The van der Waals surface area contributed by atoms with Crippen molar-refractivity contribution in [1.82, 2.24) is 0 Å². The SMILES string of the molecule is C[N+](C)(C)CCOP(=O)([O-])OCCCCCCCCCCCCCCCCCCCCCCOP(=O)(O)OCCN. The van der Waals surface area contributed by atoms with Gasteiger partial charge < -0.3 is 29.1 Å². The third-order valence-electron chi connectivity index (χ3n) is 6.93.